The molecular weight excluding hydrogens is 318 g/mol. The number of rotatable bonds is 6. The van der Waals surface area contributed by atoms with Crippen molar-refractivity contribution in [1.29, 1.82) is 0 Å². The van der Waals surface area contributed by atoms with Crippen LogP contribution in [0.1, 0.15) is 19.5 Å². The van der Waals surface area contributed by atoms with Crippen LogP contribution in [-0.4, -0.2) is 55.1 Å². The van der Waals surface area contributed by atoms with E-state index in [9.17, 15) is 19.8 Å². The van der Waals surface area contributed by atoms with Crippen molar-refractivity contribution in [3.8, 4) is 0 Å². The fourth-order valence-corrected chi connectivity index (χ4v) is 4.68. The summed E-state index contributed by atoms with van der Waals surface area (Å²) in [6.07, 6.45) is 1.65. The van der Waals surface area contributed by atoms with E-state index in [0.717, 1.165) is 17.0 Å². The highest BCUT2D eigenvalue weighted by Crippen LogP contribution is 2.50. The van der Waals surface area contributed by atoms with Crippen molar-refractivity contribution in [2.75, 3.05) is 5.75 Å². The Bertz CT molecular complexity index is 656. The average Bonchev–Trinajstić information content (AvgIpc) is 3.05. The normalized spacial score (nSPS) is 27.9. The van der Waals surface area contributed by atoms with E-state index in [0.29, 0.717) is 5.75 Å². The summed E-state index contributed by atoms with van der Waals surface area (Å²) in [6, 6.07) is 1.63. The van der Waals surface area contributed by atoms with E-state index in [4.69, 9.17) is 0 Å². The Balaban J connectivity index is 1.77. The van der Waals surface area contributed by atoms with Gasteiger partial charge in [0, 0.05) is 28.5 Å². The Morgan fingerprint density at radius 2 is 2.30 bits per heavy atom. The van der Waals surface area contributed by atoms with Crippen LogP contribution in [0.2, 0.25) is 0 Å². The van der Waals surface area contributed by atoms with Gasteiger partial charge >= 0.3 is 5.97 Å². The number of aliphatic hydroxyl groups is 1. The average molecular weight is 337 g/mol. The quantitative estimate of drug-likeness (QED) is 0.664. The van der Waals surface area contributed by atoms with Crippen LogP contribution < -0.4 is 0 Å². The van der Waals surface area contributed by atoms with E-state index in [1.807, 2.05) is 13.0 Å². The molecule has 2 aliphatic rings. The number of β-lactam (4-membered cyclic amide) rings is 1. The monoisotopic (exact) mass is 337 g/mol. The molecule has 3 heterocycles. The number of amides is 1. The minimum Gasteiger partial charge on any atom is -0.477 e. The van der Waals surface area contributed by atoms with Crippen molar-refractivity contribution in [3.63, 3.8) is 0 Å². The topological polar surface area (TPSA) is 107 Å². The number of nitrogens with one attached hydrogen (secondary N) is 1. The lowest BCUT2D eigenvalue weighted by atomic mass is 9.79. The molecule has 0 aromatic carbocycles. The fourth-order valence-electron chi connectivity index (χ4n) is 3.41. The number of hydrogen-bond donors (Lipinski definition) is 3. The zero-order valence-corrected chi connectivity index (χ0v) is 13.7. The van der Waals surface area contributed by atoms with E-state index in [1.165, 1.54) is 16.7 Å². The molecule has 23 heavy (non-hydrogen) atoms. The molecule has 0 spiro atoms. The smallest absolute Gasteiger partial charge is 0.353 e. The number of aromatic amines is 1. The van der Waals surface area contributed by atoms with Gasteiger partial charge in [0.15, 0.2) is 0 Å². The van der Waals surface area contributed by atoms with Crippen LogP contribution in [0.5, 0.6) is 0 Å². The molecule has 2 aliphatic heterocycles. The summed E-state index contributed by atoms with van der Waals surface area (Å²) >= 11 is 1.47. The Morgan fingerprint density at radius 1 is 1.57 bits per heavy atom. The second-order valence-corrected chi connectivity index (χ2v) is 7.09. The van der Waals surface area contributed by atoms with E-state index in [2.05, 4.69) is 10.2 Å². The minimum absolute atomic E-state index is 0.0785. The van der Waals surface area contributed by atoms with Crippen LogP contribution in [0.3, 0.4) is 0 Å². The number of carboxylic acids is 1. The summed E-state index contributed by atoms with van der Waals surface area (Å²) in [5, 5.41) is 26.1. The molecule has 0 saturated carbocycles. The fraction of sp³-hybridized carbons (Fsp3) is 0.533. The summed E-state index contributed by atoms with van der Waals surface area (Å²) in [5.41, 5.74) is 1.07. The lowest BCUT2D eigenvalue weighted by molar-refractivity contribution is -0.163. The molecular formula is C15H19N3O4S. The van der Waals surface area contributed by atoms with Crippen molar-refractivity contribution >= 4 is 23.6 Å². The molecule has 1 aromatic rings. The third-order valence-corrected chi connectivity index (χ3v) is 5.78. The minimum atomic E-state index is -1.08. The largest absolute Gasteiger partial charge is 0.477 e. The van der Waals surface area contributed by atoms with Gasteiger partial charge in [-0.1, -0.05) is 6.92 Å². The molecule has 124 valence electrons. The van der Waals surface area contributed by atoms with Crippen LogP contribution in [0.25, 0.3) is 0 Å². The van der Waals surface area contributed by atoms with Crippen molar-refractivity contribution in [3.05, 3.63) is 28.6 Å². The lowest BCUT2D eigenvalue weighted by Crippen LogP contribution is -2.63. The number of hydrogen-bond acceptors (Lipinski definition) is 5. The van der Waals surface area contributed by atoms with Crippen molar-refractivity contribution in [2.24, 2.45) is 11.8 Å². The van der Waals surface area contributed by atoms with Crippen LogP contribution in [0, 0.1) is 11.8 Å². The second-order valence-electron chi connectivity index (χ2n) is 5.95. The van der Waals surface area contributed by atoms with Gasteiger partial charge in [-0.25, -0.2) is 4.79 Å². The van der Waals surface area contributed by atoms with E-state index in [-0.39, 0.29) is 23.6 Å². The number of carbonyl (C=O) groups is 2. The maximum absolute atomic E-state index is 12.2. The number of aliphatic hydroxyl groups excluding tert-OH is 1. The molecule has 8 heteroatoms. The summed E-state index contributed by atoms with van der Waals surface area (Å²) in [4.78, 5) is 25.9. The highest BCUT2D eigenvalue weighted by Gasteiger charge is 2.59. The number of nitrogens with zero attached hydrogens (tertiary/aromatic N) is 2. The van der Waals surface area contributed by atoms with Gasteiger partial charge in [0.25, 0.3) is 0 Å². The van der Waals surface area contributed by atoms with Crippen LogP contribution in [-0.2, 0) is 16.0 Å². The maximum atomic E-state index is 12.2. The zero-order chi connectivity index (χ0) is 16.7. The summed E-state index contributed by atoms with van der Waals surface area (Å²) in [7, 11) is 0. The molecule has 0 bridgehead atoms. The lowest BCUT2D eigenvalue weighted by Gasteiger charge is -2.46. The number of aliphatic carboxylic acids is 1. The van der Waals surface area contributed by atoms with Gasteiger partial charge in [0.05, 0.1) is 18.1 Å². The van der Waals surface area contributed by atoms with Gasteiger partial charge < -0.3 is 15.1 Å². The predicted octanol–water partition coefficient (Wildman–Crippen LogP) is 0.839. The van der Waals surface area contributed by atoms with Crippen LogP contribution in [0.4, 0.5) is 0 Å². The summed E-state index contributed by atoms with van der Waals surface area (Å²) < 4.78 is 0. The van der Waals surface area contributed by atoms with E-state index < -0.39 is 18.0 Å². The second kappa shape index (κ2) is 6.01. The van der Waals surface area contributed by atoms with Gasteiger partial charge in [-0.15, -0.1) is 11.8 Å². The molecule has 1 fully saturated rings. The Hall–Kier alpha value is -1.80. The van der Waals surface area contributed by atoms with Crippen LogP contribution >= 0.6 is 11.8 Å². The first kappa shape index (κ1) is 16.1. The Labute approximate surface area is 137 Å². The van der Waals surface area contributed by atoms with E-state index >= 15 is 0 Å². The molecule has 1 saturated heterocycles. The maximum Gasteiger partial charge on any atom is 0.353 e. The first-order valence-corrected chi connectivity index (χ1v) is 8.51. The molecule has 0 unspecified atom stereocenters. The Morgan fingerprint density at radius 3 is 2.87 bits per heavy atom. The van der Waals surface area contributed by atoms with Gasteiger partial charge in [0.2, 0.25) is 5.91 Å². The number of carboxylic acid groups (broad SMARTS) is 1. The molecule has 1 aromatic heterocycles. The third kappa shape index (κ3) is 2.55. The third-order valence-electron chi connectivity index (χ3n) is 4.50. The van der Waals surface area contributed by atoms with Crippen molar-refractivity contribution in [1.82, 2.24) is 15.1 Å². The number of H-pyrrole nitrogens is 1. The van der Waals surface area contributed by atoms with Crippen molar-refractivity contribution < 1.29 is 19.8 Å². The Kier molecular flexibility index (Phi) is 4.20. The number of fused-ring (bicyclic) bond motifs is 1. The molecule has 3 N–H and O–H groups in total. The predicted molar refractivity (Wildman–Crippen MR) is 84.4 cm³/mol. The highest BCUT2D eigenvalue weighted by molar-refractivity contribution is 8.03. The number of thioether (sulfide) groups is 1. The van der Waals surface area contributed by atoms with Gasteiger partial charge in [0.1, 0.15) is 5.70 Å². The number of carbonyl (C=O) groups excluding carboxylic acids is 1. The molecule has 3 rings (SSSR count). The first-order chi connectivity index (χ1) is 10.9. The molecule has 0 radical (unpaired) electrons. The summed E-state index contributed by atoms with van der Waals surface area (Å²) in [5.74, 6) is -1.26. The molecule has 0 aliphatic carbocycles. The molecule has 1 amide bonds. The highest BCUT2D eigenvalue weighted by atomic mass is 32.2. The summed E-state index contributed by atoms with van der Waals surface area (Å²) in [6.45, 7) is 3.50. The zero-order valence-electron chi connectivity index (χ0n) is 12.9. The van der Waals surface area contributed by atoms with E-state index in [1.54, 1.807) is 13.1 Å². The van der Waals surface area contributed by atoms with Gasteiger partial charge in [-0.2, -0.15) is 5.10 Å². The molecule has 4 atom stereocenters. The SMILES string of the molecule is C[C@@H](O)[C@H]1C(=O)N2C(C(=O)O)=C(SCCc3ccn[nH]3)[C@H](C)[C@H]12. The van der Waals surface area contributed by atoms with Gasteiger partial charge in [-0.3, -0.25) is 9.89 Å². The number of aromatic nitrogens is 2. The standard InChI is InChI=1S/C15H19N3O4S/c1-7-11-10(8(2)19)14(20)18(11)12(15(21)22)13(7)23-6-4-9-3-5-16-17-9/h3,5,7-8,10-11,19H,4,6H2,1-2H3,(H,16,17)(H,21,22)/t7-,8-,10-,11-/m1/s1. The van der Waals surface area contributed by atoms with Gasteiger partial charge in [-0.05, 0) is 19.4 Å². The first-order valence-electron chi connectivity index (χ1n) is 7.53. The molecule has 7 nitrogen and oxygen atoms in total. The number of aryl methyl sites for hydroxylation is 1. The van der Waals surface area contributed by atoms with Crippen LogP contribution in [0.15, 0.2) is 22.9 Å². The van der Waals surface area contributed by atoms with Crippen molar-refractivity contribution in [2.45, 2.75) is 32.4 Å².